The average molecular weight is 350 g/mol. The molecule has 5 nitrogen and oxygen atoms in total. The Morgan fingerprint density at radius 1 is 1.52 bits per heavy atom. The molecule has 1 aliphatic heterocycles. The van der Waals surface area contributed by atoms with Crippen LogP contribution in [0.1, 0.15) is 30.4 Å². The number of anilines is 1. The van der Waals surface area contributed by atoms with Crippen LogP contribution in [-0.2, 0) is 4.79 Å². The van der Waals surface area contributed by atoms with Crippen molar-refractivity contribution in [1.82, 2.24) is 4.90 Å². The minimum absolute atomic E-state index is 0.223. The highest BCUT2D eigenvalue weighted by Crippen LogP contribution is 2.44. The molecule has 1 aromatic rings. The molecule has 0 bridgehead atoms. The number of carbonyl (C=O) groups is 1. The van der Waals surface area contributed by atoms with E-state index in [1.165, 1.54) is 4.90 Å². The molecule has 7 heteroatoms. The highest BCUT2D eigenvalue weighted by atomic mass is 35.5. The van der Waals surface area contributed by atoms with Crippen molar-refractivity contribution in [3.63, 3.8) is 0 Å². The standard InChI is InChI=1S/C16H16ClN3O2S/c1-9-11(6-5-10(8-18)13(9)17)20-14(22)16(19(2)15(20)23)7-3-4-12(16)21/h5-6,12,21H,3-4,7H2,1-2H3/t12-,16-/m1/s1. The van der Waals surface area contributed by atoms with Gasteiger partial charge >= 0.3 is 0 Å². The lowest BCUT2D eigenvalue weighted by Crippen LogP contribution is -2.53. The molecule has 2 atom stereocenters. The van der Waals surface area contributed by atoms with Crippen molar-refractivity contribution in [1.29, 1.82) is 5.26 Å². The normalized spacial score (nSPS) is 27.2. The first-order valence-electron chi connectivity index (χ1n) is 7.36. The Balaban J connectivity index is 2.12. The number of thiocarbonyl (C=S) groups is 1. The molecular formula is C16H16ClN3O2S. The zero-order valence-corrected chi connectivity index (χ0v) is 14.4. The van der Waals surface area contributed by atoms with E-state index in [0.29, 0.717) is 39.8 Å². The number of nitriles is 1. The molecule has 3 rings (SSSR count). The Morgan fingerprint density at radius 2 is 2.22 bits per heavy atom. The molecule has 2 aliphatic rings. The highest BCUT2D eigenvalue weighted by Gasteiger charge is 2.60. The first-order chi connectivity index (χ1) is 10.9. The van der Waals surface area contributed by atoms with E-state index in [9.17, 15) is 9.90 Å². The summed E-state index contributed by atoms with van der Waals surface area (Å²) in [5.74, 6) is -0.223. The van der Waals surface area contributed by atoms with Gasteiger partial charge in [-0.3, -0.25) is 9.69 Å². The molecule has 1 N–H and O–H groups in total. The number of aliphatic hydroxyl groups excluding tert-OH is 1. The number of aliphatic hydroxyl groups is 1. The van der Waals surface area contributed by atoms with Gasteiger partial charge in [-0.15, -0.1) is 0 Å². The molecule has 1 amide bonds. The number of nitrogens with zero attached hydrogens (tertiary/aromatic N) is 3. The zero-order chi connectivity index (χ0) is 16.9. The van der Waals surface area contributed by atoms with Crippen LogP contribution >= 0.6 is 23.8 Å². The lowest BCUT2D eigenvalue weighted by Gasteiger charge is -2.32. The minimum atomic E-state index is -0.982. The van der Waals surface area contributed by atoms with Crippen molar-refractivity contribution in [2.45, 2.75) is 37.8 Å². The average Bonchev–Trinajstić information content (AvgIpc) is 3.00. The number of hydrogen-bond acceptors (Lipinski definition) is 4. The van der Waals surface area contributed by atoms with E-state index in [1.807, 2.05) is 6.07 Å². The summed E-state index contributed by atoms with van der Waals surface area (Å²) in [5.41, 5.74) is 0.560. The summed E-state index contributed by atoms with van der Waals surface area (Å²) in [5, 5.41) is 20.1. The van der Waals surface area contributed by atoms with E-state index in [0.717, 1.165) is 6.42 Å². The predicted octanol–water partition coefficient (Wildman–Crippen LogP) is 2.37. The second-order valence-corrected chi connectivity index (χ2v) is 6.74. The Kier molecular flexibility index (Phi) is 3.83. The van der Waals surface area contributed by atoms with Gasteiger partial charge in [0.25, 0.3) is 5.91 Å². The molecule has 1 aliphatic carbocycles. The van der Waals surface area contributed by atoms with Crippen LogP contribution in [0.2, 0.25) is 5.02 Å². The largest absolute Gasteiger partial charge is 0.390 e. The SMILES string of the molecule is Cc1c(N2C(=O)[C@]3(CCC[C@H]3O)N(C)C2=S)ccc(C#N)c1Cl. The van der Waals surface area contributed by atoms with Gasteiger partial charge in [-0.25, -0.2) is 0 Å². The van der Waals surface area contributed by atoms with Crippen LogP contribution in [0.5, 0.6) is 0 Å². The minimum Gasteiger partial charge on any atom is -0.390 e. The van der Waals surface area contributed by atoms with Gasteiger partial charge in [-0.05, 0) is 56.1 Å². The van der Waals surface area contributed by atoms with Crippen LogP contribution in [0.3, 0.4) is 0 Å². The fraction of sp³-hybridized carbons (Fsp3) is 0.438. The van der Waals surface area contributed by atoms with E-state index in [1.54, 1.807) is 31.0 Å². The van der Waals surface area contributed by atoms with E-state index >= 15 is 0 Å². The maximum Gasteiger partial charge on any atom is 0.261 e. The van der Waals surface area contributed by atoms with Gasteiger partial charge in [0, 0.05) is 7.05 Å². The third-order valence-electron chi connectivity index (χ3n) is 4.96. The smallest absolute Gasteiger partial charge is 0.261 e. The third kappa shape index (κ3) is 2.01. The Hall–Kier alpha value is -1.68. The van der Waals surface area contributed by atoms with Crippen molar-refractivity contribution in [3.05, 3.63) is 28.3 Å². The van der Waals surface area contributed by atoms with Crippen LogP contribution in [-0.4, -0.2) is 39.7 Å². The summed E-state index contributed by atoms with van der Waals surface area (Å²) in [4.78, 5) is 16.2. The van der Waals surface area contributed by atoms with Gasteiger partial charge in [0.15, 0.2) is 5.11 Å². The Labute approximate surface area is 145 Å². The molecule has 1 spiro atoms. The maximum atomic E-state index is 13.1. The molecule has 0 aromatic heterocycles. The lowest BCUT2D eigenvalue weighted by molar-refractivity contribution is -0.128. The summed E-state index contributed by atoms with van der Waals surface area (Å²) < 4.78 is 0. The number of rotatable bonds is 1. The molecule has 23 heavy (non-hydrogen) atoms. The van der Waals surface area contributed by atoms with Crippen LogP contribution in [0.15, 0.2) is 12.1 Å². The van der Waals surface area contributed by atoms with Gasteiger partial charge in [-0.2, -0.15) is 5.26 Å². The van der Waals surface area contributed by atoms with Gasteiger partial charge < -0.3 is 10.0 Å². The number of carbonyl (C=O) groups excluding carboxylic acids is 1. The molecule has 0 unspecified atom stereocenters. The van der Waals surface area contributed by atoms with E-state index in [4.69, 9.17) is 29.1 Å². The van der Waals surface area contributed by atoms with Gasteiger partial charge in [-0.1, -0.05) is 11.6 Å². The van der Waals surface area contributed by atoms with Gasteiger partial charge in [0.05, 0.1) is 22.4 Å². The molecule has 2 fully saturated rings. The van der Waals surface area contributed by atoms with Gasteiger partial charge in [0.1, 0.15) is 11.6 Å². The Morgan fingerprint density at radius 3 is 2.78 bits per heavy atom. The first-order valence-corrected chi connectivity index (χ1v) is 8.14. The summed E-state index contributed by atoms with van der Waals surface area (Å²) in [6.07, 6.45) is 1.20. The van der Waals surface area contributed by atoms with Gasteiger partial charge in [0.2, 0.25) is 0 Å². The molecule has 1 saturated carbocycles. The lowest BCUT2D eigenvalue weighted by atomic mass is 9.93. The second-order valence-electron chi connectivity index (χ2n) is 6.00. The molecular weight excluding hydrogens is 334 g/mol. The van der Waals surface area contributed by atoms with Crippen molar-refractivity contribution in [3.8, 4) is 6.07 Å². The summed E-state index contributed by atoms with van der Waals surface area (Å²) in [6.45, 7) is 1.75. The van der Waals surface area contributed by atoms with Crippen LogP contribution < -0.4 is 4.90 Å². The summed E-state index contributed by atoms with van der Waals surface area (Å²) >= 11 is 11.7. The number of likely N-dealkylation sites (N-methyl/N-ethyl adjacent to an activating group) is 1. The van der Waals surface area contributed by atoms with Crippen molar-refractivity contribution in [2.24, 2.45) is 0 Å². The quantitative estimate of drug-likeness (QED) is 0.788. The number of amides is 1. The third-order valence-corrected chi connectivity index (χ3v) is 5.90. The fourth-order valence-corrected chi connectivity index (χ4v) is 4.12. The molecule has 1 saturated heterocycles. The topological polar surface area (TPSA) is 67.6 Å². The molecule has 0 radical (unpaired) electrons. The second kappa shape index (κ2) is 5.45. The first kappa shape index (κ1) is 16.2. The number of halogens is 1. The number of benzene rings is 1. The predicted molar refractivity (Wildman–Crippen MR) is 91.3 cm³/mol. The van der Waals surface area contributed by atoms with Crippen molar-refractivity contribution < 1.29 is 9.90 Å². The van der Waals surface area contributed by atoms with Crippen LogP contribution in [0.25, 0.3) is 0 Å². The number of hydrogen-bond donors (Lipinski definition) is 1. The fourth-order valence-electron chi connectivity index (χ4n) is 3.57. The van der Waals surface area contributed by atoms with E-state index in [2.05, 4.69) is 0 Å². The monoisotopic (exact) mass is 349 g/mol. The van der Waals surface area contributed by atoms with E-state index < -0.39 is 11.6 Å². The van der Waals surface area contributed by atoms with E-state index in [-0.39, 0.29) is 5.91 Å². The van der Waals surface area contributed by atoms with Crippen LogP contribution in [0, 0.1) is 18.3 Å². The highest BCUT2D eigenvalue weighted by molar-refractivity contribution is 7.80. The molecule has 120 valence electrons. The summed E-state index contributed by atoms with van der Waals surface area (Å²) in [6, 6.07) is 5.28. The summed E-state index contributed by atoms with van der Waals surface area (Å²) in [7, 11) is 1.75. The Bertz CT molecular complexity index is 760. The maximum absolute atomic E-state index is 13.1. The molecule has 1 heterocycles. The molecule has 1 aromatic carbocycles. The van der Waals surface area contributed by atoms with Crippen molar-refractivity contribution >= 4 is 40.5 Å². The van der Waals surface area contributed by atoms with Crippen molar-refractivity contribution in [2.75, 3.05) is 11.9 Å². The zero-order valence-electron chi connectivity index (χ0n) is 12.8. The van der Waals surface area contributed by atoms with Crippen LogP contribution in [0.4, 0.5) is 5.69 Å².